The molecular weight excluding hydrogens is 367 g/mol. The van der Waals surface area contributed by atoms with Crippen molar-refractivity contribution in [3.8, 4) is 5.75 Å². The van der Waals surface area contributed by atoms with Crippen LogP contribution in [0.3, 0.4) is 0 Å². The highest BCUT2D eigenvalue weighted by molar-refractivity contribution is 5.88. The lowest BCUT2D eigenvalue weighted by atomic mass is 9.92. The Bertz CT molecular complexity index is 660. The minimum Gasteiger partial charge on any atom is -0.494 e. The summed E-state index contributed by atoms with van der Waals surface area (Å²) in [5.41, 5.74) is 1.39. The molecule has 26 heavy (non-hydrogen) atoms. The Labute approximate surface area is 170 Å². The lowest BCUT2D eigenvalue weighted by Gasteiger charge is -2.36. The van der Waals surface area contributed by atoms with Crippen molar-refractivity contribution in [1.82, 2.24) is 10.2 Å². The van der Waals surface area contributed by atoms with Crippen molar-refractivity contribution in [2.24, 2.45) is 0 Å². The lowest BCUT2D eigenvalue weighted by molar-refractivity contribution is 0.160. The van der Waals surface area contributed by atoms with Crippen LogP contribution in [0.1, 0.15) is 44.7 Å². The Hall–Kier alpha value is -1.00. The van der Waals surface area contributed by atoms with Gasteiger partial charge in [0.25, 0.3) is 0 Å². The highest BCUT2D eigenvalue weighted by atomic mass is 35.5. The summed E-state index contributed by atoms with van der Waals surface area (Å²) in [4.78, 5) is 2.65. The van der Waals surface area contributed by atoms with E-state index >= 15 is 0 Å². The zero-order valence-electron chi connectivity index (χ0n) is 15.9. The van der Waals surface area contributed by atoms with Crippen LogP contribution in [-0.4, -0.2) is 37.7 Å². The number of halogens is 2. The Morgan fingerprint density at radius 2 is 1.77 bits per heavy atom. The molecule has 2 aromatic rings. The maximum atomic E-state index is 6.05. The molecule has 146 valence electrons. The van der Waals surface area contributed by atoms with Gasteiger partial charge < -0.3 is 10.1 Å². The van der Waals surface area contributed by atoms with Crippen molar-refractivity contribution in [3.05, 3.63) is 42.0 Å². The van der Waals surface area contributed by atoms with Gasteiger partial charge in [-0.05, 0) is 30.2 Å². The molecule has 0 bridgehead atoms. The molecule has 1 aliphatic heterocycles. The number of hydrogen-bond acceptors (Lipinski definition) is 3. The summed E-state index contributed by atoms with van der Waals surface area (Å²) in [6, 6.07) is 13.5. The van der Waals surface area contributed by atoms with Crippen LogP contribution in [0.5, 0.6) is 5.75 Å². The van der Waals surface area contributed by atoms with Crippen LogP contribution < -0.4 is 10.1 Å². The van der Waals surface area contributed by atoms with Crippen molar-refractivity contribution in [2.45, 2.75) is 39.2 Å². The predicted octanol–water partition coefficient (Wildman–Crippen LogP) is 5.22. The third-order valence-corrected chi connectivity index (χ3v) is 4.99. The fraction of sp³-hybridized carbons (Fsp3) is 0.524. The number of piperazine rings is 1. The Kier molecular flexibility index (Phi) is 10.3. The summed E-state index contributed by atoms with van der Waals surface area (Å²) in [7, 11) is 0. The molecule has 1 fully saturated rings. The highest BCUT2D eigenvalue weighted by Gasteiger charge is 2.26. The van der Waals surface area contributed by atoms with Crippen molar-refractivity contribution in [2.75, 3.05) is 32.8 Å². The molecule has 3 nitrogen and oxygen atoms in total. The number of unbranched alkanes of at least 4 members (excludes halogenated alkanes) is 1. The monoisotopic (exact) mass is 398 g/mol. The van der Waals surface area contributed by atoms with Crippen LogP contribution in [0, 0.1) is 0 Å². The number of nitrogens with one attached hydrogen (secondary N) is 1. The molecule has 0 radical (unpaired) electrons. The van der Waals surface area contributed by atoms with Gasteiger partial charge in [0.05, 0.1) is 6.61 Å². The van der Waals surface area contributed by atoms with E-state index in [1.807, 2.05) is 0 Å². The molecule has 1 atom stereocenters. The van der Waals surface area contributed by atoms with E-state index in [0.29, 0.717) is 12.6 Å². The van der Waals surface area contributed by atoms with E-state index in [9.17, 15) is 0 Å². The summed E-state index contributed by atoms with van der Waals surface area (Å²) in [6.07, 6.45) is 3.69. The van der Waals surface area contributed by atoms with Gasteiger partial charge in [0.1, 0.15) is 5.75 Å². The van der Waals surface area contributed by atoms with Crippen molar-refractivity contribution in [3.63, 3.8) is 0 Å². The molecule has 2 aromatic carbocycles. The number of benzene rings is 2. The van der Waals surface area contributed by atoms with Gasteiger partial charge >= 0.3 is 0 Å². The number of rotatable bonds is 7. The molecule has 0 aliphatic carbocycles. The SMILES string of the molecule is CCCC[C@@H](c1c(OCC)ccc2ccccc12)N1CCNCC1.Cl.Cl. The van der Waals surface area contributed by atoms with Crippen LogP contribution in [0.4, 0.5) is 0 Å². The fourth-order valence-electron chi connectivity index (χ4n) is 3.80. The second-order valence-electron chi connectivity index (χ2n) is 6.58. The molecule has 1 aliphatic rings. The average Bonchev–Trinajstić information content (AvgIpc) is 2.64. The molecular formula is C21H32Cl2N2O. The Balaban J connectivity index is 0.00000169. The molecule has 0 aromatic heterocycles. The molecule has 0 amide bonds. The number of nitrogens with zero attached hydrogens (tertiary/aromatic N) is 1. The van der Waals surface area contributed by atoms with Gasteiger partial charge in [0, 0.05) is 37.8 Å². The molecule has 1 saturated heterocycles. The van der Waals surface area contributed by atoms with Crippen LogP contribution in [0.2, 0.25) is 0 Å². The molecule has 3 rings (SSSR count). The second-order valence-corrected chi connectivity index (χ2v) is 6.58. The summed E-state index contributed by atoms with van der Waals surface area (Å²) < 4.78 is 6.05. The summed E-state index contributed by atoms with van der Waals surface area (Å²) >= 11 is 0. The quantitative estimate of drug-likeness (QED) is 0.691. The van der Waals surface area contributed by atoms with Gasteiger partial charge in [-0.3, -0.25) is 4.90 Å². The van der Waals surface area contributed by atoms with Crippen LogP contribution in [-0.2, 0) is 0 Å². The van der Waals surface area contributed by atoms with Gasteiger partial charge in [-0.1, -0.05) is 50.1 Å². The van der Waals surface area contributed by atoms with Crippen LogP contribution in [0.15, 0.2) is 36.4 Å². The van der Waals surface area contributed by atoms with Gasteiger partial charge in [0.2, 0.25) is 0 Å². The first kappa shape index (κ1) is 23.0. The predicted molar refractivity (Wildman–Crippen MR) is 116 cm³/mol. The molecule has 1 heterocycles. The first-order valence-corrected chi connectivity index (χ1v) is 9.44. The molecule has 1 N–H and O–H groups in total. The third-order valence-electron chi connectivity index (χ3n) is 4.99. The second kappa shape index (κ2) is 11.7. The normalized spacial score (nSPS) is 15.8. The third kappa shape index (κ3) is 5.26. The van der Waals surface area contributed by atoms with E-state index in [4.69, 9.17) is 4.74 Å². The van der Waals surface area contributed by atoms with Crippen LogP contribution >= 0.6 is 24.8 Å². The fourth-order valence-corrected chi connectivity index (χ4v) is 3.80. The highest BCUT2D eigenvalue weighted by Crippen LogP contribution is 2.38. The lowest BCUT2D eigenvalue weighted by Crippen LogP contribution is -2.45. The van der Waals surface area contributed by atoms with Crippen molar-refractivity contribution in [1.29, 1.82) is 0 Å². The Morgan fingerprint density at radius 3 is 2.46 bits per heavy atom. The molecule has 0 unspecified atom stereocenters. The van der Waals surface area contributed by atoms with Gasteiger partial charge in [-0.2, -0.15) is 0 Å². The van der Waals surface area contributed by atoms with E-state index in [0.717, 1.165) is 31.9 Å². The van der Waals surface area contributed by atoms with E-state index in [1.165, 1.54) is 35.6 Å². The first-order valence-electron chi connectivity index (χ1n) is 9.44. The maximum absolute atomic E-state index is 6.05. The summed E-state index contributed by atoms with van der Waals surface area (Å²) in [5, 5.41) is 6.14. The summed E-state index contributed by atoms with van der Waals surface area (Å²) in [5.74, 6) is 1.07. The van der Waals surface area contributed by atoms with Crippen LogP contribution in [0.25, 0.3) is 10.8 Å². The smallest absolute Gasteiger partial charge is 0.124 e. The number of hydrogen-bond donors (Lipinski definition) is 1. The van der Waals surface area contributed by atoms with E-state index < -0.39 is 0 Å². The molecule has 5 heteroatoms. The minimum atomic E-state index is 0. The number of ether oxygens (including phenoxy) is 1. The first-order chi connectivity index (χ1) is 11.8. The molecule has 0 saturated carbocycles. The van der Waals surface area contributed by atoms with Crippen molar-refractivity contribution < 1.29 is 4.74 Å². The van der Waals surface area contributed by atoms with E-state index in [2.05, 4.69) is 60.5 Å². The maximum Gasteiger partial charge on any atom is 0.124 e. The van der Waals surface area contributed by atoms with Gasteiger partial charge in [-0.25, -0.2) is 0 Å². The average molecular weight is 399 g/mol. The van der Waals surface area contributed by atoms with Crippen molar-refractivity contribution >= 4 is 35.6 Å². The topological polar surface area (TPSA) is 24.5 Å². The standard InChI is InChI=1S/C21H30N2O.2ClH/c1-3-5-10-19(23-15-13-22-14-16-23)21-18-9-7-6-8-17(18)11-12-20(21)24-4-2;;/h6-9,11-12,19,22H,3-5,10,13-16H2,1-2H3;2*1H/t19-;;/m0../s1. The van der Waals surface area contributed by atoms with Gasteiger partial charge in [-0.15, -0.1) is 24.8 Å². The van der Waals surface area contributed by atoms with Gasteiger partial charge in [0.15, 0.2) is 0 Å². The Morgan fingerprint density at radius 1 is 1.04 bits per heavy atom. The van der Waals surface area contributed by atoms with E-state index in [-0.39, 0.29) is 24.8 Å². The summed E-state index contributed by atoms with van der Waals surface area (Å²) in [6.45, 7) is 9.46. The number of fused-ring (bicyclic) bond motifs is 1. The minimum absolute atomic E-state index is 0. The van der Waals surface area contributed by atoms with E-state index in [1.54, 1.807) is 0 Å². The zero-order chi connectivity index (χ0) is 16.8. The molecule has 0 spiro atoms. The largest absolute Gasteiger partial charge is 0.494 e. The zero-order valence-corrected chi connectivity index (χ0v) is 17.5.